The third-order valence-electron chi connectivity index (χ3n) is 7.04. The number of anilines is 1. The van der Waals surface area contributed by atoms with E-state index in [1.54, 1.807) is 13.3 Å². The Balaban J connectivity index is 1.47. The predicted molar refractivity (Wildman–Crippen MR) is 161 cm³/mol. The number of hydrogen-bond donors (Lipinski definition) is 2. The number of hydrogen-bond acceptors (Lipinski definition) is 4. The summed E-state index contributed by atoms with van der Waals surface area (Å²) in [7, 11) is 1.59. The predicted octanol–water partition coefficient (Wildman–Crippen LogP) is 6.26. The Morgan fingerprint density at radius 2 is 1.85 bits per heavy atom. The number of benzene rings is 2. The summed E-state index contributed by atoms with van der Waals surface area (Å²) in [6.45, 7) is 4.68. The molecule has 4 aromatic rings. The van der Waals surface area contributed by atoms with Gasteiger partial charge in [-0.3, -0.25) is 9.78 Å². The second kappa shape index (κ2) is 11.6. The van der Waals surface area contributed by atoms with Gasteiger partial charge in [0.2, 0.25) is 5.91 Å². The van der Waals surface area contributed by atoms with Crippen LogP contribution in [0.15, 0.2) is 83.5 Å². The van der Waals surface area contributed by atoms with Crippen molar-refractivity contribution in [3.8, 4) is 11.4 Å². The minimum atomic E-state index is -0.163. The highest BCUT2D eigenvalue weighted by atomic mass is 79.9. The fraction of sp³-hybridized carbons (Fsp3) is 0.233. The van der Waals surface area contributed by atoms with E-state index in [-0.39, 0.29) is 24.4 Å². The molecule has 39 heavy (non-hydrogen) atoms. The summed E-state index contributed by atoms with van der Waals surface area (Å²) < 4.78 is 8.65. The lowest BCUT2D eigenvalue weighted by Gasteiger charge is -2.28. The van der Waals surface area contributed by atoms with Crippen LogP contribution in [0.4, 0.5) is 5.69 Å². The molecule has 3 heterocycles. The number of aromatic nitrogens is 2. The van der Waals surface area contributed by atoms with Crippen LogP contribution in [0.3, 0.4) is 0 Å². The molecular formula is C30H30BrN5O2S. The van der Waals surface area contributed by atoms with Crippen molar-refractivity contribution in [2.24, 2.45) is 0 Å². The molecule has 9 heteroatoms. The van der Waals surface area contributed by atoms with Crippen LogP contribution < -0.4 is 15.4 Å². The molecule has 0 unspecified atom stereocenters. The lowest BCUT2D eigenvalue weighted by molar-refractivity contribution is -0.116. The van der Waals surface area contributed by atoms with Gasteiger partial charge in [0.05, 0.1) is 36.3 Å². The van der Waals surface area contributed by atoms with E-state index in [1.165, 1.54) is 0 Å². The maximum absolute atomic E-state index is 13.0. The number of nitrogens with one attached hydrogen (secondary N) is 2. The average Bonchev–Trinajstić information content (AvgIpc) is 3.42. The first-order chi connectivity index (χ1) is 18.9. The van der Waals surface area contributed by atoms with Gasteiger partial charge in [-0.2, -0.15) is 0 Å². The number of methoxy groups -OCH3 is 1. The normalized spacial score (nSPS) is 16.7. The van der Waals surface area contributed by atoms with Gasteiger partial charge >= 0.3 is 0 Å². The number of halogens is 1. The Morgan fingerprint density at radius 1 is 1.10 bits per heavy atom. The number of rotatable bonds is 8. The molecule has 1 saturated heterocycles. The number of pyridine rings is 1. The van der Waals surface area contributed by atoms with Crippen molar-refractivity contribution in [3.63, 3.8) is 0 Å². The van der Waals surface area contributed by atoms with E-state index < -0.39 is 0 Å². The summed E-state index contributed by atoms with van der Waals surface area (Å²) in [4.78, 5) is 19.8. The van der Waals surface area contributed by atoms with Gasteiger partial charge in [0.25, 0.3) is 0 Å². The van der Waals surface area contributed by atoms with Crippen LogP contribution in [-0.4, -0.2) is 39.1 Å². The van der Waals surface area contributed by atoms with E-state index in [0.29, 0.717) is 23.1 Å². The molecule has 0 spiro atoms. The fourth-order valence-electron chi connectivity index (χ4n) is 5.26. The van der Waals surface area contributed by atoms with Crippen molar-refractivity contribution in [2.45, 2.75) is 32.4 Å². The smallest absolute Gasteiger partial charge is 0.226 e. The van der Waals surface area contributed by atoms with E-state index in [1.807, 2.05) is 60.7 Å². The molecule has 0 radical (unpaired) electrons. The van der Waals surface area contributed by atoms with Crippen molar-refractivity contribution in [3.05, 3.63) is 106 Å². The summed E-state index contributed by atoms with van der Waals surface area (Å²) in [6, 6.07) is 23.4. The van der Waals surface area contributed by atoms with Crippen molar-refractivity contribution in [1.82, 2.24) is 19.8 Å². The maximum Gasteiger partial charge on any atom is 0.226 e. The van der Waals surface area contributed by atoms with E-state index >= 15 is 0 Å². The summed E-state index contributed by atoms with van der Waals surface area (Å²) in [6.07, 6.45) is 2.05. The van der Waals surface area contributed by atoms with E-state index in [9.17, 15) is 4.79 Å². The van der Waals surface area contributed by atoms with Gasteiger partial charge in [0.15, 0.2) is 5.11 Å². The highest BCUT2D eigenvalue weighted by Gasteiger charge is 2.41. The molecule has 1 amide bonds. The number of carbonyl (C=O) groups excluding carboxylic acids is 1. The van der Waals surface area contributed by atoms with Crippen LogP contribution >= 0.6 is 28.1 Å². The van der Waals surface area contributed by atoms with Gasteiger partial charge in [-0.05, 0) is 90.0 Å². The average molecular weight is 605 g/mol. The zero-order valence-electron chi connectivity index (χ0n) is 22.0. The first-order valence-corrected chi connectivity index (χ1v) is 13.9. The maximum atomic E-state index is 13.0. The number of nitrogens with zero attached hydrogens (tertiary/aromatic N) is 3. The summed E-state index contributed by atoms with van der Waals surface area (Å²) >= 11 is 9.55. The minimum Gasteiger partial charge on any atom is -0.495 e. The molecule has 0 aliphatic carbocycles. The molecule has 2 aromatic carbocycles. The third-order valence-corrected chi connectivity index (χ3v) is 8.06. The first-order valence-electron chi connectivity index (χ1n) is 12.7. The topological polar surface area (TPSA) is 71.4 Å². The molecule has 5 rings (SSSR count). The van der Waals surface area contributed by atoms with Crippen LogP contribution in [0.5, 0.6) is 5.75 Å². The molecular weight excluding hydrogens is 574 g/mol. The van der Waals surface area contributed by atoms with Crippen molar-refractivity contribution < 1.29 is 9.53 Å². The van der Waals surface area contributed by atoms with Crippen LogP contribution in [0.25, 0.3) is 5.69 Å². The summed E-state index contributed by atoms with van der Waals surface area (Å²) in [5, 5.41) is 7.07. The van der Waals surface area contributed by atoms with E-state index in [4.69, 9.17) is 17.0 Å². The van der Waals surface area contributed by atoms with Crippen LogP contribution in [0.1, 0.15) is 41.1 Å². The lowest BCUT2D eigenvalue weighted by atomic mass is 9.96. The minimum absolute atomic E-state index is 0.110. The molecule has 2 aromatic heterocycles. The Hall–Kier alpha value is -3.69. The fourth-order valence-corrected chi connectivity index (χ4v) is 6.05. The second-order valence-corrected chi connectivity index (χ2v) is 10.7. The molecule has 7 nitrogen and oxygen atoms in total. The van der Waals surface area contributed by atoms with Crippen LogP contribution in [0, 0.1) is 13.8 Å². The quantitative estimate of drug-likeness (QED) is 0.232. The van der Waals surface area contributed by atoms with Crippen LogP contribution in [-0.2, 0) is 4.79 Å². The molecule has 2 atom stereocenters. The number of carbonyl (C=O) groups is 1. The van der Waals surface area contributed by atoms with Crippen molar-refractivity contribution in [2.75, 3.05) is 19.0 Å². The molecule has 0 saturated carbocycles. The Kier molecular flexibility index (Phi) is 7.99. The standard InChI is InChI=1S/C30H30BrN5O2S/c1-19-18-21(20(2)36(19)25-13-6-4-10-22(25)31)29-28(24-12-8-9-16-32-24)34-30(39)35(29)17-15-27(37)33-23-11-5-7-14-26(23)38-3/h4-14,16,18,28-29H,15,17H2,1-3H3,(H,33,37)(H,34,39)/t28-,29-/m1/s1. The van der Waals surface area contributed by atoms with Gasteiger partial charge in [0.1, 0.15) is 5.75 Å². The Bertz CT molecular complexity index is 1510. The Morgan fingerprint density at radius 3 is 2.59 bits per heavy atom. The highest BCUT2D eigenvalue weighted by Crippen LogP contribution is 2.42. The zero-order chi connectivity index (χ0) is 27.5. The van der Waals surface area contributed by atoms with Crippen molar-refractivity contribution >= 4 is 44.9 Å². The number of ether oxygens (including phenoxy) is 1. The van der Waals surface area contributed by atoms with E-state index in [2.05, 4.69) is 67.0 Å². The Labute approximate surface area is 242 Å². The summed E-state index contributed by atoms with van der Waals surface area (Å²) in [5.74, 6) is 0.512. The van der Waals surface area contributed by atoms with Crippen LogP contribution in [0.2, 0.25) is 0 Å². The molecule has 1 fully saturated rings. The third kappa shape index (κ3) is 5.42. The van der Waals surface area contributed by atoms with Gasteiger partial charge in [-0.25, -0.2) is 0 Å². The summed E-state index contributed by atoms with van der Waals surface area (Å²) in [5.41, 5.74) is 5.98. The van der Waals surface area contributed by atoms with Gasteiger partial charge in [0, 0.05) is 35.0 Å². The monoisotopic (exact) mass is 603 g/mol. The zero-order valence-corrected chi connectivity index (χ0v) is 24.4. The number of amides is 1. The highest BCUT2D eigenvalue weighted by molar-refractivity contribution is 9.10. The largest absolute Gasteiger partial charge is 0.495 e. The SMILES string of the molecule is COc1ccccc1NC(=O)CCN1C(=S)N[C@H](c2ccccn2)[C@H]1c1cc(C)n(-c2ccccc2Br)c1C. The molecule has 2 N–H and O–H groups in total. The molecule has 0 bridgehead atoms. The number of thiocarbonyl (C=S) groups is 1. The second-order valence-electron chi connectivity index (χ2n) is 9.43. The van der Waals surface area contributed by atoms with E-state index in [0.717, 1.165) is 32.8 Å². The van der Waals surface area contributed by atoms with Gasteiger partial charge in [-0.15, -0.1) is 0 Å². The first kappa shape index (κ1) is 26.9. The van der Waals surface area contributed by atoms with Gasteiger partial charge < -0.3 is 24.8 Å². The lowest BCUT2D eigenvalue weighted by Crippen LogP contribution is -2.33. The number of para-hydroxylation sites is 3. The van der Waals surface area contributed by atoms with Gasteiger partial charge in [-0.1, -0.05) is 30.3 Å². The van der Waals surface area contributed by atoms with Crippen molar-refractivity contribution in [1.29, 1.82) is 0 Å². The molecule has 200 valence electrons. The molecule has 1 aliphatic rings. The number of aryl methyl sites for hydroxylation is 1. The molecule has 1 aliphatic heterocycles.